The molecule has 3 aromatic carbocycles. The van der Waals surface area contributed by atoms with Crippen molar-refractivity contribution in [2.75, 3.05) is 6.61 Å². The molecule has 0 unspecified atom stereocenters. The van der Waals surface area contributed by atoms with Gasteiger partial charge in [0.2, 0.25) is 0 Å². The van der Waals surface area contributed by atoms with Crippen molar-refractivity contribution in [3.63, 3.8) is 0 Å². The minimum Gasteiger partial charge on any atom is -0.488 e. The van der Waals surface area contributed by atoms with Crippen LogP contribution in [0.1, 0.15) is 35.9 Å². The second-order valence-electron chi connectivity index (χ2n) is 9.43. The highest BCUT2D eigenvalue weighted by Crippen LogP contribution is 2.33. The Morgan fingerprint density at radius 3 is 2.71 bits per heavy atom. The third-order valence-corrected chi connectivity index (χ3v) is 9.37. The van der Waals surface area contributed by atoms with Gasteiger partial charge in [-0.1, -0.05) is 65.9 Å². The molecule has 0 fully saturated rings. The van der Waals surface area contributed by atoms with Crippen molar-refractivity contribution in [1.82, 2.24) is 4.57 Å². The second kappa shape index (κ2) is 11.6. The minimum absolute atomic E-state index is 0.200. The summed E-state index contributed by atoms with van der Waals surface area (Å²) < 4.78 is 14.4. The molecule has 1 aliphatic rings. The van der Waals surface area contributed by atoms with Crippen LogP contribution in [-0.4, -0.2) is 17.1 Å². The quantitative estimate of drug-likeness (QED) is 0.194. The Hall–Kier alpha value is -3.79. The summed E-state index contributed by atoms with van der Waals surface area (Å²) in [5, 5.41) is 4.28. The summed E-state index contributed by atoms with van der Waals surface area (Å²) in [6, 6.07) is 23.5. The molecule has 1 aliphatic heterocycles. The van der Waals surface area contributed by atoms with Crippen LogP contribution in [0.15, 0.2) is 104 Å². The van der Waals surface area contributed by atoms with E-state index < -0.39 is 12.0 Å². The maximum Gasteiger partial charge on any atom is 0.338 e. The van der Waals surface area contributed by atoms with E-state index >= 15 is 0 Å². The van der Waals surface area contributed by atoms with Gasteiger partial charge in [-0.3, -0.25) is 9.36 Å². The molecule has 206 valence electrons. The zero-order valence-corrected chi connectivity index (χ0v) is 25.5. The summed E-state index contributed by atoms with van der Waals surface area (Å²) >= 11 is 6.44. The summed E-state index contributed by atoms with van der Waals surface area (Å²) in [5.74, 6) is 0.258. The molecule has 2 aromatic heterocycles. The lowest BCUT2D eigenvalue weighted by Crippen LogP contribution is -2.39. The summed E-state index contributed by atoms with van der Waals surface area (Å²) in [5.41, 5.74) is 2.70. The van der Waals surface area contributed by atoms with Gasteiger partial charge in [0, 0.05) is 4.88 Å². The number of fused-ring (bicyclic) bond motifs is 2. The van der Waals surface area contributed by atoms with Crippen LogP contribution >= 0.6 is 38.6 Å². The zero-order valence-electron chi connectivity index (χ0n) is 22.3. The van der Waals surface area contributed by atoms with Gasteiger partial charge in [0.25, 0.3) is 5.56 Å². The van der Waals surface area contributed by atoms with Crippen LogP contribution in [0.25, 0.3) is 16.8 Å². The highest BCUT2D eigenvalue weighted by Gasteiger charge is 2.33. The molecule has 0 spiro atoms. The number of rotatable bonds is 7. The van der Waals surface area contributed by atoms with Crippen LogP contribution in [0.2, 0.25) is 0 Å². The van der Waals surface area contributed by atoms with Gasteiger partial charge in [-0.15, -0.1) is 11.3 Å². The number of aromatic nitrogens is 1. The Bertz CT molecular complexity index is 1980. The van der Waals surface area contributed by atoms with E-state index in [-0.39, 0.29) is 12.2 Å². The number of allylic oxidation sites excluding steroid dienone is 1. The predicted octanol–water partition coefficient (Wildman–Crippen LogP) is 6.35. The van der Waals surface area contributed by atoms with Crippen molar-refractivity contribution in [2.24, 2.45) is 4.99 Å². The molecular formula is C32H25BrN2O4S2. The van der Waals surface area contributed by atoms with E-state index in [1.165, 1.54) is 33.4 Å². The van der Waals surface area contributed by atoms with Gasteiger partial charge < -0.3 is 9.47 Å². The number of ether oxygens (including phenoxy) is 2. The SMILES string of the molecule is CCOC(=O)C1=C(C)N=c2s/c(=C\c3ccc(OCc4cccc5ccccc45)c(Br)c3)c(=O)n2[C@H]1c1cccs1. The first-order chi connectivity index (χ1) is 19.9. The molecule has 0 radical (unpaired) electrons. The molecule has 0 saturated heterocycles. The van der Waals surface area contributed by atoms with Gasteiger partial charge in [0.15, 0.2) is 4.80 Å². The van der Waals surface area contributed by atoms with Crippen molar-refractivity contribution >= 4 is 61.4 Å². The Labute approximate surface area is 252 Å². The number of thiazole rings is 1. The maximum atomic E-state index is 13.8. The Balaban J connectivity index is 1.32. The average Bonchev–Trinajstić information content (AvgIpc) is 3.60. The monoisotopic (exact) mass is 644 g/mol. The molecule has 41 heavy (non-hydrogen) atoms. The standard InChI is InChI=1S/C32H25BrN2O4S2/c1-3-38-31(37)28-19(2)34-32-35(29(28)26-12-7-15-40-26)30(36)27(41-32)17-20-13-14-25(24(33)16-20)39-18-22-10-6-9-21-8-4-5-11-23(21)22/h4-17,29H,3,18H2,1-2H3/b27-17-/t29-/m0/s1. The number of carbonyl (C=O) groups is 1. The molecule has 0 aliphatic carbocycles. The second-order valence-corrected chi connectivity index (χ2v) is 12.3. The lowest BCUT2D eigenvalue weighted by atomic mass is 10.0. The smallest absolute Gasteiger partial charge is 0.338 e. The van der Waals surface area contributed by atoms with Crippen LogP contribution in [0.3, 0.4) is 0 Å². The van der Waals surface area contributed by atoms with Crippen LogP contribution in [0, 0.1) is 0 Å². The lowest BCUT2D eigenvalue weighted by molar-refractivity contribution is -0.139. The lowest BCUT2D eigenvalue weighted by Gasteiger charge is -2.23. The third kappa shape index (κ3) is 5.32. The first-order valence-corrected chi connectivity index (χ1v) is 15.6. The van der Waals surface area contributed by atoms with Crippen molar-refractivity contribution in [2.45, 2.75) is 26.5 Å². The number of carbonyl (C=O) groups excluding carboxylic acids is 1. The number of benzene rings is 3. The summed E-state index contributed by atoms with van der Waals surface area (Å²) in [6.45, 7) is 4.23. The average molecular weight is 646 g/mol. The van der Waals surface area contributed by atoms with Gasteiger partial charge >= 0.3 is 5.97 Å². The van der Waals surface area contributed by atoms with Gasteiger partial charge in [0.1, 0.15) is 18.4 Å². The number of hydrogen-bond donors (Lipinski definition) is 0. The van der Waals surface area contributed by atoms with Crippen LogP contribution in [-0.2, 0) is 16.1 Å². The number of esters is 1. The highest BCUT2D eigenvalue weighted by molar-refractivity contribution is 9.10. The summed E-state index contributed by atoms with van der Waals surface area (Å²) in [4.78, 5) is 32.8. The van der Waals surface area contributed by atoms with E-state index in [0.29, 0.717) is 33.0 Å². The van der Waals surface area contributed by atoms with E-state index in [0.717, 1.165) is 20.5 Å². The van der Waals surface area contributed by atoms with Crippen LogP contribution < -0.4 is 19.6 Å². The molecule has 0 saturated carbocycles. The molecular weight excluding hydrogens is 620 g/mol. The first kappa shape index (κ1) is 27.4. The molecule has 5 aromatic rings. The molecule has 0 amide bonds. The third-order valence-electron chi connectivity index (χ3n) is 6.85. The predicted molar refractivity (Wildman–Crippen MR) is 167 cm³/mol. The Kier molecular flexibility index (Phi) is 7.75. The minimum atomic E-state index is -0.580. The normalized spacial score (nSPS) is 15.1. The molecule has 6 rings (SSSR count). The van der Waals surface area contributed by atoms with Crippen LogP contribution in [0.5, 0.6) is 5.75 Å². The Morgan fingerprint density at radius 2 is 1.93 bits per heavy atom. The van der Waals surface area contributed by atoms with E-state index in [1.807, 2.05) is 60.0 Å². The van der Waals surface area contributed by atoms with E-state index in [2.05, 4.69) is 45.2 Å². The molecule has 9 heteroatoms. The molecule has 1 atom stereocenters. The number of nitrogens with zero attached hydrogens (tertiary/aromatic N) is 2. The van der Waals surface area contributed by atoms with Crippen molar-refractivity contribution in [3.8, 4) is 5.75 Å². The molecule has 3 heterocycles. The topological polar surface area (TPSA) is 69.9 Å². The van der Waals surface area contributed by atoms with Crippen molar-refractivity contribution in [3.05, 3.63) is 130 Å². The van der Waals surface area contributed by atoms with Gasteiger partial charge in [-0.2, -0.15) is 0 Å². The van der Waals surface area contributed by atoms with Crippen LogP contribution in [0.4, 0.5) is 0 Å². The maximum absolute atomic E-state index is 13.8. The van der Waals surface area contributed by atoms with Crippen molar-refractivity contribution in [1.29, 1.82) is 0 Å². The fraction of sp³-hybridized carbons (Fsp3) is 0.156. The van der Waals surface area contributed by atoms with E-state index in [9.17, 15) is 9.59 Å². The number of hydrogen-bond acceptors (Lipinski definition) is 7. The van der Waals surface area contributed by atoms with Gasteiger partial charge in [-0.05, 0) is 81.3 Å². The fourth-order valence-corrected chi connectivity index (χ4v) is 7.34. The summed E-state index contributed by atoms with van der Waals surface area (Å²) in [7, 11) is 0. The Morgan fingerprint density at radius 1 is 1.10 bits per heavy atom. The van der Waals surface area contributed by atoms with E-state index in [1.54, 1.807) is 18.4 Å². The number of thiophene rings is 1. The largest absolute Gasteiger partial charge is 0.488 e. The zero-order chi connectivity index (χ0) is 28.5. The van der Waals surface area contributed by atoms with Crippen molar-refractivity contribution < 1.29 is 14.3 Å². The highest BCUT2D eigenvalue weighted by atomic mass is 79.9. The van der Waals surface area contributed by atoms with Gasteiger partial charge in [-0.25, -0.2) is 9.79 Å². The van der Waals surface area contributed by atoms with Gasteiger partial charge in [0.05, 0.1) is 26.9 Å². The number of halogens is 1. The molecule has 6 nitrogen and oxygen atoms in total. The molecule has 0 N–H and O–H groups in total. The first-order valence-electron chi connectivity index (χ1n) is 13.1. The fourth-order valence-electron chi connectivity index (χ4n) is 4.96. The molecule has 0 bridgehead atoms. The summed E-state index contributed by atoms with van der Waals surface area (Å²) in [6.07, 6.45) is 1.85. The van der Waals surface area contributed by atoms with E-state index in [4.69, 9.17) is 9.47 Å².